The summed E-state index contributed by atoms with van der Waals surface area (Å²) in [6.07, 6.45) is 3.29. The maximum Gasteiger partial charge on any atom is 0.335 e. The van der Waals surface area contributed by atoms with Crippen molar-refractivity contribution in [3.63, 3.8) is 0 Å². The summed E-state index contributed by atoms with van der Waals surface area (Å²) in [4.78, 5) is 25.0. The van der Waals surface area contributed by atoms with Gasteiger partial charge in [0.25, 0.3) is 0 Å². The molecule has 2 fully saturated rings. The number of anilines is 1. The van der Waals surface area contributed by atoms with Crippen LogP contribution in [0.3, 0.4) is 0 Å². The highest BCUT2D eigenvalue weighted by molar-refractivity contribution is 6.40. The molecule has 0 spiro atoms. The number of carbonyl (C=O) groups is 2. The Hall–Kier alpha value is -1.46. The van der Waals surface area contributed by atoms with Crippen LogP contribution >= 0.6 is 23.2 Å². The SMILES string of the molecule is O=C(O)c1cc(Cl)c(NC(=O)N2CC3CCC2C3)c(Cl)c1. The summed E-state index contributed by atoms with van der Waals surface area (Å²) < 4.78 is 0. The number of carboxylic acid groups (broad SMARTS) is 1. The second-order valence-electron chi connectivity index (χ2n) is 5.54. The van der Waals surface area contributed by atoms with Gasteiger partial charge in [-0.1, -0.05) is 23.2 Å². The van der Waals surface area contributed by atoms with Crippen molar-refractivity contribution in [3.8, 4) is 0 Å². The van der Waals surface area contributed by atoms with Crippen molar-refractivity contribution in [1.29, 1.82) is 0 Å². The van der Waals surface area contributed by atoms with Gasteiger partial charge < -0.3 is 15.3 Å². The predicted molar refractivity (Wildman–Crippen MR) is 80.3 cm³/mol. The van der Waals surface area contributed by atoms with Crippen LogP contribution in [0.15, 0.2) is 12.1 Å². The lowest BCUT2D eigenvalue weighted by molar-refractivity contribution is 0.0697. The van der Waals surface area contributed by atoms with Gasteiger partial charge in [0, 0.05) is 12.6 Å². The zero-order valence-electron chi connectivity index (χ0n) is 11.1. The first-order chi connectivity index (χ1) is 9.95. The van der Waals surface area contributed by atoms with Crippen molar-refractivity contribution in [2.45, 2.75) is 25.3 Å². The molecule has 1 saturated carbocycles. The number of carbonyl (C=O) groups excluding carboxylic acids is 1. The van der Waals surface area contributed by atoms with E-state index in [4.69, 9.17) is 28.3 Å². The van der Waals surface area contributed by atoms with Gasteiger partial charge in [-0.3, -0.25) is 0 Å². The number of piperidine rings is 1. The average Bonchev–Trinajstić information content (AvgIpc) is 3.04. The van der Waals surface area contributed by atoms with E-state index in [1.807, 2.05) is 4.90 Å². The third kappa shape index (κ3) is 2.68. The van der Waals surface area contributed by atoms with Crippen molar-refractivity contribution in [2.24, 2.45) is 5.92 Å². The van der Waals surface area contributed by atoms with Gasteiger partial charge in [0.1, 0.15) is 0 Å². The van der Waals surface area contributed by atoms with Crippen molar-refractivity contribution in [2.75, 3.05) is 11.9 Å². The Morgan fingerprint density at radius 2 is 1.90 bits per heavy atom. The number of aromatic carboxylic acids is 1. The van der Waals surface area contributed by atoms with Crippen molar-refractivity contribution in [3.05, 3.63) is 27.7 Å². The van der Waals surface area contributed by atoms with Crippen LogP contribution in [0.5, 0.6) is 0 Å². The van der Waals surface area contributed by atoms with Crippen LogP contribution in [0.25, 0.3) is 0 Å². The smallest absolute Gasteiger partial charge is 0.335 e. The molecule has 2 N–H and O–H groups in total. The maximum absolute atomic E-state index is 12.3. The van der Waals surface area contributed by atoms with Gasteiger partial charge in [-0.2, -0.15) is 0 Å². The summed E-state index contributed by atoms with van der Waals surface area (Å²) in [6, 6.07) is 2.63. The lowest BCUT2D eigenvalue weighted by Gasteiger charge is -2.27. The first kappa shape index (κ1) is 14.5. The normalized spacial score (nSPS) is 23.4. The van der Waals surface area contributed by atoms with E-state index in [0.29, 0.717) is 12.0 Å². The third-order valence-corrected chi connectivity index (χ3v) is 4.79. The Labute approximate surface area is 131 Å². The largest absolute Gasteiger partial charge is 0.478 e. The molecule has 1 heterocycles. The molecule has 2 unspecified atom stereocenters. The number of hydrogen-bond donors (Lipinski definition) is 2. The molecule has 1 aliphatic carbocycles. The van der Waals surface area contributed by atoms with Crippen LogP contribution in [0.2, 0.25) is 10.0 Å². The standard InChI is InChI=1S/C14H14Cl2N2O3/c15-10-4-8(13(19)20)5-11(16)12(10)17-14(21)18-6-7-1-2-9(18)3-7/h4-5,7,9H,1-3,6H2,(H,17,21)(H,19,20). The molecule has 112 valence electrons. The molecular weight excluding hydrogens is 315 g/mol. The Bertz CT molecular complexity index is 597. The molecule has 7 heteroatoms. The number of benzene rings is 1. The molecule has 2 atom stereocenters. The number of hydrogen-bond acceptors (Lipinski definition) is 2. The lowest BCUT2D eigenvalue weighted by atomic mass is 10.1. The van der Waals surface area contributed by atoms with E-state index in [-0.39, 0.29) is 27.3 Å². The van der Waals surface area contributed by atoms with Crippen LogP contribution in [0.1, 0.15) is 29.6 Å². The molecule has 1 aromatic carbocycles. The zero-order chi connectivity index (χ0) is 15.1. The number of fused-ring (bicyclic) bond motifs is 2. The Balaban J connectivity index is 1.78. The molecule has 2 aliphatic rings. The fourth-order valence-corrected chi connectivity index (χ4v) is 3.75. The average molecular weight is 329 g/mol. The Kier molecular flexibility index (Phi) is 3.71. The van der Waals surface area contributed by atoms with Crippen LogP contribution in [0, 0.1) is 5.92 Å². The number of halogens is 2. The van der Waals surface area contributed by atoms with Crippen LogP contribution in [-0.2, 0) is 0 Å². The monoisotopic (exact) mass is 328 g/mol. The number of carboxylic acids is 1. The summed E-state index contributed by atoms with van der Waals surface area (Å²) in [5, 5.41) is 11.9. The quantitative estimate of drug-likeness (QED) is 0.869. The molecule has 1 aliphatic heterocycles. The van der Waals surface area contributed by atoms with E-state index in [2.05, 4.69) is 5.32 Å². The van der Waals surface area contributed by atoms with E-state index in [1.54, 1.807) is 0 Å². The predicted octanol–water partition coefficient (Wildman–Crippen LogP) is 3.71. The maximum atomic E-state index is 12.3. The highest BCUT2D eigenvalue weighted by Gasteiger charge is 2.40. The van der Waals surface area contributed by atoms with E-state index in [9.17, 15) is 9.59 Å². The molecule has 0 aromatic heterocycles. The second kappa shape index (κ2) is 5.39. The molecule has 21 heavy (non-hydrogen) atoms. The van der Waals surface area contributed by atoms with Gasteiger partial charge in [-0.25, -0.2) is 9.59 Å². The summed E-state index contributed by atoms with van der Waals surface area (Å²) in [6.45, 7) is 0.763. The number of nitrogens with zero attached hydrogens (tertiary/aromatic N) is 1. The molecule has 2 amide bonds. The number of amides is 2. The number of rotatable bonds is 2. The number of urea groups is 1. The minimum Gasteiger partial charge on any atom is -0.478 e. The summed E-state index contributed by atoms with van der Waals surface area (Å²) in [5.41, 5.74) is 0.249. The van der Waals surface area contributed by atoms with Gasteiger partial charge in [-0.15, -0.1) is 0 Å². The summed E-state index contributed by atoms with van der Waals surface area (Å²) in [7, 11) is 0. The van der Waals surface area contributed by atoms with E-state index >= 15 is 0 Å². The van der Waals surface area contributed by atoms with Crippen molar-refractivity contribution in [1.82, 2.24) is 4.90 Å². The number of nitrogens with one attached hydrogen (secondary N) is 1. The molecular formula is C14H14Cl2N2O3. The van der Waals surface area contributed by atoms with Gasteiger partial charge in [0.15, 0.2) is 0 Å². The summed E-state index contributed by atoms with van der Waals surface area (Å²) >= 11 is 12.1. The highest BCUT2D eigenvalue weighted by Crippen LogP contribution is 2.38. The highest BCUT2D eigenvalue weighted by atomic mass is 35.5. The van der Waals surface area contributed by atoms with Crippen LogP contribution in [-0.4, -0.2) is 34.6 Å². The fourth-order valence-electron chi connectivity index (χ4n) is 3.17. The molecule has 3 rings (SSSR count). The van der Waals surface area contributed by atoms with Gasteiger partial charge in [0.2, 0.25) is 0 Å². The van der Waals surface area contributed by atoms with Gasteiger partial charge in [0.05, 0.1) is 21.3 Å². The molecule has 1 saturated heterocycles. The van der Waals surface area contributed by atoms with E-state index in [1.165, 1.54) is 18.6 Å². The molecule has 2 bridgehead atoms. The summed E-state index contributed by atoms with van der Waals surface area (Å²) in [5.74, 6) is -0.519. The Morgan fingerprint density at radius 3 is 2.38 bits per heavy atom. The first-order valence-electron chi connectivity index (χ1n) is 6.75. The van der Waals surface area contributed by atoms with Crippen LogP contribution < -0.4 is 5.32 Å². The minimum atomic E-state index is -1.12. The fraction of sp³-hybridized carbons (Fsp3) is 0.429. The topological polar surface area (TPSA) is 69.6 Å². The molecule has 5 nitrogen and oxygen atoms in total. The van der Waals surface area contributed by atoms with E-state index in [0.717, 1.165) is 19.4 Å². The molecule has 1 aromatic rings. The lowest BCUT2D eigenvalue weighted by Crippen LogP contribution is -2.40. The first-order valence-corrected chi connectivity index (χ1v) is 7.51. The van der Waals surface area contributed by atoms with Gasteiger partial charge >= 0.3 is 12.0 Å². The van der Waals surface area contributed by atoms with Crippen molar-refractivity contribution < 1.29 is 14.7 Å². The molecule has 0 radical (unpaired) electrons. The van der Waals surface area contributed by atoms with Crippen LogP contribution in [0.4, 0.5) is 10.5 Å². The third-order valence-electron chi connectivity index (χ3n) is 4.19. The number of likely N-dealkylation sites (tertiary alicyclic amines) is 1. The van der Waals surface area contributed by atoms with Crippen molar-refractivity contribution >= 4 is 40.9 Å². The van der Waals surface area contributed by atoms with Gasteiger partial charge in [-0.05, 0) is 37.3 Å². The zero-order valence-corrected chi connectivity index (χ0v) is 12.6. The minimum absolute atomic E-state index is 0.0109. The Morgan fingerprint density at radius 1 is 1.24 bits per heavy atom. The second-order valence-corrected chi connectivity index (χ2v) is 6.35. The van der Waals surface area contributed by atoms with E-state index < -0.39 is 5.97 Å².